The first-order chi connectivity index (χ1) is 7.22. The molecule has 84 valence electrons. The number of aliphatic hydroxyl groups is 1. The van der Waals surface area contributed by atoms with Crippen molar-refractivity contribution >= 4 is 5.91 Å². The molecule has 4 unspecified atom stereocenters. The largest absolute Gasteiger partial charge is 0.394 e. The van der Waals surface area contributed by atoms with E-state index < -0.39 is 0 Å². The van der Waals surface area contributed by atoms with Gasteiger partial charge in [-0.2, -0.15) is 0 Å². The van der Waals surface area contributed by atoms with E-state index in [2.05, 4.69) is 5.32 Å². The highest BCUT2D eigenvalue weighted by Crippen LogP contribution is 2.69. The number of amides is 1. The first-order valence-corrected chi connectivity index (χ1v) is 6.13. The highest BCUT2D eigenvalue weighted by atomic mass is 16.3. The molecule has 3 fully saturated rings. The Morgan fingerprint density at radius 2 is 2.00 bits per heavy atom. The molecule has 0 radical (unpaired) electrons. The molecular formula is C12H19NO2. The van der Waals surface area contributed by atoms with Crippen LogP contribution in [0.1, 0.15) is 26.2 Å². The average Bonchev–Trinajstić information content (AvgIpc) is 2.68. The molecule has 1 amide bonds. The van der Waals surface area contributed by atoms with Crippen LogP contribution in [0.5, 0.6) is 0 Å². The lowest BCUT2D eigenvalue weighted by atomic mass is 10.0. The molecule has 2 bridgehead atoms. The van der Waals surface area contributed by atoms with Crippen LogP contribution in [-0.4, -0.2) is 23.7 Å². The predicted octanol–water partition coefficient (Wildman–Crippen LogP) is 0.775. The number of rotatable bonds is 3. The van der Waals surface area contributed by atoms with Crippen molar-refractivity contribution in [2.75, 3.05) is 6.61 Å². The maximum atomic E-state index is 11.9. The Morgan fingerprint density at radius 3 is 2.53 bits per heavy atom. The Hall–Kier alpha value is -0.570. The van der Waals surface area contributed by atoms with Gasteiger partial charge in [-0.1, -0.05) is 0 Å². The maximum Gasteiger partial charge on any atom is 0.223 e. The van der Waals surface area contributed by atoms with E-state index in [1.54, 1.807) is 0 Å². The van der Waals surface area contributed by atoms with E-state index in [-0.39, 0.29) is 18.6 Å². The first kappa shape index (κ1) is 9.64. The molecule has 3 heteroatoms. The number of aliphatic hydroxyl groups excluding tert-OH is 1. The van der Waals surface area contributed by atoms with Crippen LogP contribution < -0.4 is 5.32 Å². The summed E-state index contributed by atoms with van der Waals surface area (Å²) in [5, 5.41) is 11.8. The molecule has 15 heavy (non-hydrogen) atoms. The van der Waals surface area contributed by atoms with Crippen LogP contribution in [0.25, 0.3) is 0 Å². The molecular weight excluding hydrogens is 190 g/mol. The molecule has 0 heterocycles. The van der Waals surface area contributed by atoms with Gasteiger partial charge in [0.05, 0.1) is 6.61 Å². The second-order valence-electron chi connectivity index (χ2n) is 5.61. The molecule has 3 aliphatic rings. The Morgan fingerprint density at radius 1 is 1.40 bits per heavy atom. The number of nitrogens with one attached hydrogen (secondary N) is 1. The van der Waals surface area contributed by atoms with Crippen LogP contribution in [0.2, 0.25) is 0 Å². The quantitative estimate of drug-likeness (QED) is 0.721. The Labute approximate surface area is 90.2 Å². The minimum atomic E-state index is -0.0866. The topological polar surface area (TPSA) is 49.3 Å². The van der Waals surface area contributed by atoms with Gasteiger partial charge in [0.1, 0.15) is 0 Å². The highest BCUT2D eigenvalue weighted by Gasteiger charge is 2.67. The average molecular weight is 209 g/mol. The lowest BCUT2D eigenvalue weighted by Crippen LogP contribution is -2.37. The maximum absolute atomic E-state index is 11.9. The van der Waals surface area contributed by atoms with Crippen LogP contribution >= 0.6 is 0 Å². The van der Waals surface area contributed by atoms with Crippen molar-refractivity contribution in [2.24, 2.45) is 29.6 Å². The van der Waals surface area contributed by atoms with Crippen LogP contribution in [-0.2, 0) is 4.79 Å². The van der Waals surface area contributed by atoms with Gasteiger partial charge >= 0.3 is 0 Å². The van der Waals surface area contributed by atoms with E-state index in [0.717, 1.165) is 11.8 Å². The van der Waals surface area contributed by atoms with Gasteiger partial charge in [0.25, 0.3) is 0 Å². The predicted molar refractivity (Wildman–Crippen MR) is 56.0 cm³/mol. The molecule has 2 N–H and O–H groups in total. The first-order valence-electron chi connectivity index (χ1n) is 6.13. The summed E-state index contributed by atoms with van der Waals surface area (Å²) in [6, 6.07) is -0.0866. The monoisotopic (exact) mass is 209 g/mol. The minimum Gasteiger partial charge on any atom is -0.394 e. The van der Waals surface area contributed by atoms with Crippen molar-refractivity contribution in [2.45, 2.75) is 32.2 Å². The molecule has 5 atom stereocenters. The standard InChI is InChI=1S/C12H19NO2/c1-6(5-14)13-12(15)11-9-7-2-3-8(4-7)10(9)11/h6-11,14H,2-5H2,1H3,(H,13,15)/t6-,7?,8?,9?,10?,11?/m0/s1. The Balaban J connectivity index is 1.60. The third-order valence-electron chi connectivity index (χ3n) is 4.70. The summed E-state index contributed by atoms with van der Waals surface area (Å²) in [4.78, 5) is 11.9. The van der Waals surface area contributed by atoms with Crippen molar-refractivity contribution < 1.29 is 9.90 Å². The second kappa shape index (κ2) is 3.21. The number of carbonyl (C=O) groups is 1. The summed E-state index contributed by atoms with van der Waals surface area (Å²) in [5.41, 5.74) is 0. The van der Waals surface area contributed by atoms with E-state index in [1.165, 1.54) is 19.3 Å². The summed E-state index contributed by atoms with van der Waals surface area (Å²) in [7, 11) is 0. The fourth-order valence-electron chi connectivity index (χ4n) is 4.06. The molecule has 0 aromatic carbocycles. The van der Waals surface area contributed by atoms with Crippen LogP contribution in [0, 0.1) is 29.6 Å². The zero-order valence-electron chi connectivity index (χ0n) is 9.15. The molecule has 0 aromatic rings. The zero-order chi connectivity index (χ0) is 10.6. The third kappa shape index (κ3) is 1.32. The molecule has 3 saturated carbocycles. The number of hydrogen-bond donors (Lipinski definition) is 2. The minimum absolute atomic E-state index is 0.0423. The van der Waals surface area contributed by atoms with Crippen molar-refractivity contribution in [3.8, 4) is 0 Å². The van der Waals surface area contributed by atoms with Crippen LogP contribution in [0.15, 0.2) is 0 Å². The summed E-state index contributed by atoms with van der Waals surface area (Å²) in [6.45, 7) is 1.89. The summed E-state index contributed by atoms with van der Waals surface area (Å²) >= 11 is 0. The number of hydrogen-bond acceptors (Lipinski definition) is 2. The smallest absolute Gasteiger partial charge is 0.223 e. The van der Waals surface area contributed by atoms with E-state index in [1.807, 2.05) is 6.92 Å². The summed E-state index contributed by atoms with van der Waals surface area (Å²) in [5.74, 6) is 3.60. The molecule has 0 aliphatic heterocycles. The Bertz CT molecular complexity index is 275. The van der Waals surface area contributed by atoms with Gasteiger partial charge in [0, 0.05) is 12.0 Å². The van der Waals surface area contributed by atoms with Gasteiger partial charge in [0.15, 0.2) is 0 Å². The molecule has 0 saturated heterocycles. The van der Waals surface area contributed by atoms with Crippen molar-refractivity contribution in [3.63, 3.8) is 0 Å². The zero-order valence-corrected chi connectivity index (χ0v) is 9.15. The van der Waals surface area contributed by atoms with Crippen molar-refractivity contribution in [1.29, 1.82) is 0 Å². The van der Waals surface area contributed by atoms with Crippen molar-refractivity contribution in [1.82, 2.24) is 5.32 Å². The van der Waals surface area contributed by atoms with Crippen molar-refractivity contribution in [3.05, 3.63) is 0 Å². The lowest BCUT2D eigenvalue weighted by molar-refractivity contribution is -0.124. The normalized spacial score (nSPS) is 47.5. The SMILES string of the molecule is C[C@@H](CO)NC(=O)C1C2C3CCC(C3)C12. The van der Waals surface area contributed by atoms with Crippen LogP contribution in [0.4, 0.5) is 0 Å². The van der Waals surface area contributed by atoms with Gasteiger partial charge in [0.2, 0.25) is 5.91 Å². The highest BCUT2D eigenvalue weighted by molar-refractivity contribution is 5.83. The third-order valence-corrected chi connectivity index (χ3v) is 4.70. The molecule has 0 spiro atoms. The van der Waals surface area contributed by atoms with Gasteiger partial charge in [-0.15, -0.1) is 0 Å². The molecule has 3 rings (SSSR count). The molecule has 3 nitrogen and oxygen atoms in total. The number of fused-ring (bicyclic) bond motifs is 5. The van der Waals surface area contributed by atoms with E-state index >= 15 is 0 Å². The summed E-state index contributed by atoms with van der Waals surface area (Å²) in [6.07, 6.45) is 4.09. The van der Waals surface area contributed by atoms with Gasteiger partial charge in [-0.25, -0.2) is 0 Å². The fraction of sp³-hybridized carbons (Fsp3) is 0.917. The Kier molecular flexibility index (Phi) is 2.06. The van der Waals surface area contributed by atoms with Gasteiger partial charge in [-0.05, 0) is 49.9 Å². The number of carbonyl (C=O) groups excluding carboxylic acids is 1. The fourth-order valence-corrected chi connectivity index (χ4v) is 4.06. The van der Waals surface area contributed by atoms with E-state index in [4.69, 9.17) is 5.11 Å². The molecule has 0 aromatic heterocycles. The lowest BCUT2D eigenvalue weighted by Gasteiger charge is -2.13. The van der Waals surface area contributed by atoms with Crippen LogP contribution in [0.3, 0.4) is 0 Å². The summed E-state index contributed by atoms with van der Waals surface area (Å²) < 4.78 is 0. The van der Waals surface area contributed by atoms with E-state index in [0.29, 0.717) is 17.8 Å². The second-order valence-corrected chi connectivity index (χ2v) is 5.61. The van der Waals surface area contributed by atoms with Gasteiger partial charge in [-0.3, -0.25) is 4.79 Å². The molecule has 3 aliphatic carbocycles. The van der Waals surface area contributed by atoms with Gasteiger partial charge < -0.3 is 10.4 Å². The van der Waals surface area contributed by atoms with E-state index in [9.17, 15) is 4.79 Å².